The van der Waals surface area contributed by atoms with E-state index in [1.807, 2.05) is 25.1 Å². The quantitative estimate of drug-likeness (QED) is 0.612. The molecule has 8 nitrogen and oxygen atoms in total. The number of carbonyl (C=O) groups excluding carboxylic acids is 1. The molecule has 0 spiro atoms. The number of ether oxygens (including phenoxy) is 2. The van der Waals surface area contributed by atoms with Gasteiger partial charge in [-0.1, -0.05) is 24.2 Å². The maximum Gasteiger partial charge on any atom is 0.244 e. The summed E-state index contributed by atoms with van der Waals surface area (Å²) in [7, 11) is -3.50. The Kier molecular flexibility index (Phi) is 7.22. The van der Waals surface area contributed by atoms with Crippen molar-refractivity contribution in [2.24, 2.45) is 0 Å². The average Bonchev–Trinajstić information content (AvgIpc) is 2.83. The minimum atomic E-state index is -3.50. The Hall–Kier alpha value is -2.30. The summed E-state index contributed by atoms with van der Waals surface area (Å²) in [6.07, 6.45) is 4.22. The fourth-order valence-corrected chi connectivity index (χ4v) is 5.81. The van der Waals surface area contributed by atoms with Crippen LogP contribution in [-0.2, 0) is 14.8 Å². The third-order valence-electron chi connectivity index (χ3n) is 5.46. The van der Waals surface area contributed by atoms with E-state index in [1.54, 1.807) is 12.1 Å². The Morgan fingerprint density at radius 2 is 1.88 bits per heavy atom. The lowest BCUT2D eigenvalue weighted by Crippen LogP contribution is -2.35. The molecule has 1 saturated heterocycles. The summed E-state index contributed by atoms with van der Waals surface area (Å²) >= 11 is 1.27. The molecule has 10 heteroatoms. The van der Waals surface area contributed by atoms with Gasteiger partial charge in [0.1, 0.15) is 18.1 Å². The molecule has 0 bridgehead atoms. The van der Waals surface area contributed by atoms with Crippen LogP contribution in [0.15, 0.2) is 46.5 Å². The van der Waals surface area contributed by atoms with Gasteiger partial charge in [0.15, 0.2) is 11.5 Å². The van der Waals surface area contributed by atoms with E-state index in [0.29, 0.717) is 42.8 Å². The average molecular weight is 478 g/mol. The van der Waals surface area contributed by atoms with Crippen molar-refractivity contribution in [3.8, 4) is 11.5 Å². The number of thioether (sulfide) groups is 1. The number of hydrogen-bond donors (Lipinski definition) is 1. The van der Waals surface area contributed by atoms with E-state index in [1.165, 1.54) is 22.3 Å². The van der Waals surface area contributed by atoms with Crippen molar-refractivity contribution in [1.82, 2.24) is 14.6 Å². The number of nitrogens with zero attached hydrogens (tertiary/aromatic N) is 2. The standard InChI is InChI=1S/C22H27N3O5S2/c1-16(17-5-7-19-20(13-17)30-12-11-29-19)24-21(26)15-31-22-8-6-18(14-23-22)32(27,28)25-9-3-2-4-10-25/h5-8,13-14,16H,2-4,9-12,15H2,1H3,(H,24,26)/t16-/m1/s1. The van der Waals surface area contributed by atoms with Gasteiger partial charge < -0.3 is 14.8 Å². The number of fused-ring (bicyclic) bond motifs is 1. The zero-order chi connectivity index (χ0) is 22.6. The van der Waals surface area contributed by atoms with Crippen molar-refractivity contribution in [3.05, 3.63) is 42.1 Å². The number of carbonyl (C=O) groups is 1. The number of aromatic nitrogens is 1. The number of sulfonamides is 1. The molecule has 2 aliphatic heterocycles. The molecule has 32 heavy (non-hydrogen) atoms. The third kappa shape index (κ3) is 5.36. The normalized spacial score (nSPS) is 17.5. The molecule has 0 unspecified atom stereocenters. The SMILES string of the molecule is C[C@@H](NC(=O)CSc1ccc(S(=O)(=O)N2CCCCC2)cn1)c1ccc2c(c1)OCCO2. The Balaban J connectivity index is 1.30. The fraction of sp³-hybridized carbons (Fsp3) is 0.455. The van der Waals surface area contributed by atoms with Crippen molar-refractivity contribution in [1.29, 1.82) is 0 Å². The highest BCUT2D eigenvalue weighted by Crippen LogP contribution is 2.32. The smallest absolute Gasteiger partial charge is 0.244 e. The van der Waals surface area contributed by atoms with Crippen LogP contribution in [0, 0.1) is 0 Å². The van der Waals surface area contributed by atoms with Crippen LogP contribution in [0.25, 0.3) is 0 Å². The molecule has 0 aliphatic carbocycles. The predicted octanol–water partition coefficient (Wildman–Crippen LogP) is 3.00. The lowest BCUT2D eigenvalue weighted by molar-refractivity contribution is -0.119. The maximum atomic E-state index is 12.7. The molecule has 1 fully saturated rings. The molecule has 0 saturated carbocycles. The van der Waals surface area contributed by atoms with Gasteiger partial charge in [-0.25, -0.2) is 13.4 Å². The lowest BCUT2D eigenvalue weighted by Gasteiger charge is -2.25. The van der Waals surface area contributed by atoms with E-state index in [0.717, 1.165) is 24.8 Å². The van der Waals surface area contributed by atoms with Crippen LogP contribution in [0.1, 0.15) is 37.8 Å². The van der Waals surface area contributed by atoms with Crippen molar-refractivity contribution < 1.29 is 22.7 Å². The Bertz CT molecular complexity index is 1050. The summed E-state index contributed by atoms with van der Waals surface area (Å²) in [6, 6.07) is 8.67. The summed E-state index contributed by atoms with van der Waals surface area (Å²) in [6.45, 7) is 4.07. The van der Waals surface area contributed by atoms with E-state index in [2.05, 4.69) is 10.3 Å². The van der Waals surface area contributed by atoms with Crippen molar-refractivity contribution in [2.45, 2.75) is 42.1 Å². The van der Waals surface area contributed by atoms with E-state index < -0.39 is 10.0 Å². The molecule has 0 radical (unpaired) electrons. The molecule has 172 valence electrons. The lowest BCUT2D eigenvalue weighted by atomic mass is 10.1. The van der Waals surface area contributed by atoms with Crippen LogP contribution in [-0.4, -0.2) is 55.7 Å². The minimum absolute atomic E-state index is 0.135. The summed E-state index contributed by atoms with van der Waals surface area (Å²) < 4.78 is 38.1. The molecule has 3 heterocycles. The van der Waals surface area contributed by atoms with Crippen molar-refractivity contribution in [3.63, 3.8) is 0 Å². The van der Waals surface area contributed by atoms with E-state index in [-0.39, 0.29) is 22.6 Å². The number of piperidine rings is 1. The van der Waals surface area contributed by atoms with Gasteiger partial charge in [0.25, 0.3) is 0 Å². The Morgan fingerprint density at radius 3 is 2.59 bits per heavy atom. The maximum absolute atomic E-state index is 12.7. The molecule has 2 aromatic rings. The first-order valence-electron chi connectivity index (χ1n) is 10.7. The van der Waals surface area contributed by atoms with Crippen LogP contribution in [0.4, 0.5) is 0 Å². The van der Waals surface area contributed by atoms with Gasteiger partial charge >= 0.3 is 0 Å². The first-order valence-corrected chi connectivity index (χ1v) is 13.1. The van der Waals surface area contributed by atoms with E-state index in [9.17, 15) is 13.2 Å². The third-order valence-corrected chi connectivity index (χ3v) is 8.28. The molecular weight excluding hydrogens is 450 g/mol. The monoisotopic (exact) mass is 477 g/mol. The summed E-state index contributed by atoms with van der Waals surface area (Å²) in [5.41, 5.74) is 0.929. The molecular formula is C22H27N3O5S2. The number of benzene rings is 1. The molecule has 2 aliphatic rings. The first kappa shape index (κ1) is 22.9. The summed E-state index contributed by atoms with van der Waals surface area (Å²) in [4.78, 5) is 16.8. The summed E-state index contributed by atoms with van der Waals surface area (Å²) in [5, 5.41) is 3.57. The predicted molar refractivity (Wildman–Crippen MR) is 122 cm³/mol. The second-order valence-electron chi connectivity index (χ2n) is 7.78. The number of amides is 1. The highest BCUT2D eigenvalue weighted by Gasteiger charge is 2.26. The minimum Gasteiger partial charge on any atom is -0.486 e. The van der Waals surface area contributed by atoms with Crippen LogP contribution >= 0.6 is 11.8 Å². The Labute approximate surface area is 192 Å². The van der Waals surface area contributed by atoms with E-state index in [4.69, 9.17) is 9.47 Å². The number of pyridine rings is 1. The van der Waals surface area contributed by atoms with Gasteiger partial charge in [-0.2, -0.15) is 4.31 Å². The van der Waals surface area contributed by atoms with Gasteiger partial charge in [-0.05, 0) is 49.6 Å². The highest BCUT2D eigenvalue weighted by atomic mass is 32.2. The van der Waals surface area contributed by atoms with Gasteiger partial charge in [0, 0.05) is 19.3 Å². The van der Waals surface area contributed by atoms with Crippen LogP contribution in [0.3, 0.4) is 0 Å². The van der Waals surface area contributed by atoms with Crippen LogP contribution < -0.4 is 14.8 Å². The van der Waals surface area contributed by atoms with Crippen molar-refractivity contribution >= 4 is 27.7 Å². The Morgan fingerprint density at radius 1 is 1.12 bits per heavy atom. The van der Waals surface area contributed by atoms with Gasteiger partial charge in [0.2, 0.25) is 15.9 Å². The van der Waals surface area contributed by atoms with E-state index >= 15 is 0 Å². The molecule has 1 aromatic carbocycles. The largest absolute Gasteiger partial charge is 0.486 e. The molecule has 1 amide bonds. The van der Waals surface area contributed by atoms with Crippen molar-refractivity contribution in [2.75, 3.05) is 32.1 Å². The van der Waals surface area contributed by atoms with Gasteiger partial charge in [-0.15, -0.1) is 0 Å². The zero-order valence-electron chi connectivity index (χ0n) is 18.0. The van der Waals surface area contributed by atoms with Gasteiger partial charge in [0.05, 0.1) is 16.8 Å². The zero-order valence-corrected chi connectivity index (χ0v) is 19.6. The molecule has 1 aromatic heterocycles. The van der Waals surface area contributed by atoms with Crippen LogP contribution in [0.2, 0.25) is 0 Å². The first-order chi connectivity index (χ1) is 15.4. The van der Waals surface area contributed by atoms with Crippen LogP contribution in [0.5, 0.6) is 11.5 Å². The molecule has 4 rings (SSSR count). The molecule has 1 N–H and O–H groups in total. The topological polar surface area (TPSA) is 97.8 Å². The fourth-order valence-electron chi connectivity index (χ4n) is 3.69. The second-order valence-corrected chi connectivity index (χ2v) is 10.7. The molecule has 1 atom stereocenters. The number of nitrogens with one attached hydrogen (secondary N) is 1. The number of hydrogen-bond acceptors (Lipinski definition) is 7. The number of rotatable bonds is 7. The highest BCUT2D eigenvalue weighted by molar-refractivity contribution is 7.99. The second kappa shape index (κ2) is 10.1. The summed E-state index contributed by atoms with van der Waals surface area (Å²) in [5.74, 6) is 1.45. The van der Waals surface area contributed by atoms with Gasteiger partial charge in [-0.3, -0.25) is 4.79 Å².